The van der Waals surface area contributed by atoms with E-state index in [4.69, 9.17) is 15.3 Å². The number of amides is 3. The number of benzene rings is 1. The Morgan fingerprint density at radius 2 is 2.07 bits per heavy atom. The minimum atomic E-state index is -3.80. The van der Waals surface area contributed by atoms with Crippen molar-refractivity contribution in [2.75, 3.05) is 12.5 Å². The van der Waals surface area contributed by atoms with E-state index in [2.05, 4.69) is 16.0 Å². The van der Waals surface area contributed by atoms with E-state index in [1.807, 2.05) is 18.4 Å². The van der Waals surface area contributed by atoms with Crippen LogP contribution in [-0.2, 0) is 14.6 Å². The van der Waals surface area contributed by atoms with Crippen LogP contribution < -0.4 is 21.5 Å². The Morgan fingerprint density at radius 1 is 1.39 bits per heavy atom. The highest BCUT2D eigenvalue weighted by Gasteiger charge is 2.24. The van der Waals surface area contributed by atoms with Crippen molar-refractivity contribution in [3.05, 3.63) is 40.3 Å². The van der Waals surface area contributed by atoms with Gasteiger partial charge in [-0.25, -0.2) is 18.2 Å². The molecule has 5 N–H and O–H groups in total. The maximum Gasteiger partial charge on any atom is 0.313 e. The van der Waals surface area contributed by atoms with Crippen LogP contribution in [0.5, 0.6) is 5.75 Å². The van der Waals surface area contributed by atoms with Crippen molar-refractivity contribution < 1.29 is 22.7 Å². The van der Waals surface area contributed by atoms with E-state index in [1.165, 1.54) is 11.3 Å². The summed E-state index contributed by atoms with van der Waals surface area (Å²) in [5.74, 6) is -0.333. The Morgan fingerprint density at radius 3 is 2.57 bits per heavy atom. The lowest BCUT2D eigenvalue weighted by Crippen LogP contribution is -2.34. The molecule has 0 spiro atoms. The van der Waals surface area contributed by atoms with Crippen molar-refractivity contribution in [1.82, 2.24) is 10.3 Å². The van der Waals surface area contributed by atoms with E-state index in [0.29, 0.717) is 6.61 Å². The number of rotatable bonds is 8. The van der Waals surface area contributed by atoms with Gasteiger partial charge >= 0.3 is 6.03 Å². The van der Waals surface area contributed by atoms with E-state index in [9.17, 15) is 13.2 Å². The Labute approximate surface area is 168 Å². The molecule has 28 heavy (non-hydrogen) atoms. The van der Waals surface area contributed by atoms with Gasteiger partial charge in [0, 0.05) is 17.5 Å². The predicted molar refractivity (Wildman–Crippen MR) is 107 cm³/mol. The molecule has 2 rings (SSSR count). The molecule has 1 atom stereocenters. The zero-order valence-corrected chi connectivity index (χ0v) is 17.3. The number of aromatic nitrogens is 1. The molecule has 0 radical (unpaired) electrons. The molecule has 0 aliphatic rings. The maximum absolute atomic E-state index is 12.6. The molecule has 2 aromatic rings. The minimum absolute atomic E-state index is 0.00581. The van der Waals surface area contributed by atoms with Gasteiger partial charge in [0.05, 0.1) is 11.6 Å². The first kappa shape index (κ1) is 23.4. The van der Waals surface area contributed by atoms with Crippen LogP contribution in [0.15, 0.2) is 34.7 Å². The third-order valence-electron chi connectivity index (χ3n) is 3.60. The first-order valence-electron chi connectivity index (χ1n) is 8.38. The van der Waals surface area contributed by atoms with E-state index >= 15 is 0 Å². The number of hydrogen-bond donors (Lipinski definition) is 3. The summed E-state index contributed by atoms with van der Waals surface area (Å²) in [4.78, 5) is 23.8. The van der Waals surface area contributed by atoms with Crippen LogP contribution in [0.25, 0.3) is 0 Å². The molecule has 3 amide bonds. The number of sulfone groups is 1. The minimum Gasteiger partial charge on any atom is -0.493 e. The fourth-order valence-electron chi connectivity index (χ4n) is 2.46. The van der Waals surface area contributed by atoms with Gasteiger partial charge < -0.3 is 21.5 Å². The van der Waals surface area contributed by atoms with Gasteiger partial charge in [0.15, 0.2) is 9.84 Å². The van der Waals surface area contributed by atoms with Gasteiger partial charge in [-0.1, -0.05) is 13.0 Å². The van der Waals surface area contributed by atoms with Gasteiger partial charge in [-0.15, -0.1) is 11.3 Å². The van der Waals surface area contributed by atoms with E-state index in [-0.39, 0.29) is 23.0 Å². The third-order valence-corrected chi connectivity index (χ3v) is 6.00. The zero-order valence-electron chi connectivity index (χ0n) is 15.6. The molecule has 0 aliphatic heterocycles. The van der Waals surface area contributed by atoms with Crippen molar-refractivity contribution in [3.8, 4) is 5.75 Å². The largest absolute Gasteiger partial charge is 0.493 e. The van der Waals surface area contributed by atoms with Crippen molar-refractivity contribution in [2.24, 2.45) is 11.5 Å². The maximum atomic E-state index is 12.6. The second-order valence-electron chi connectivity index (χ2n) is 5.41. The van der Waals surface area contributed by atoms with Gasteiger partial charge in [-0.3, -0.25) is 4.79 Å². The number of ether oxygens (including phenoxy) is 1. The highest BCUT2D eigenvalue weighted by molar-refractivity contribution is 7.91. The van der Waals surface area contributed by atoms with E-state index < -0.39 is 21.7 Å². The summed E-state index contributed by atoms with van der Waals surface area (Å²) >= 11 is 1.53. The number of thiazole rings is 1. The Kier molecular flexibility index (Phi) is 9.39. The summed E-state index contributed by atoms with van der Waals surface area (Å²) in [6.45, 7) is 4.12. The summed E-state index contributed by atoms with van der Waals surface area (Å²) in [5, 5.41) is 4.94. The molecule has 0 fully saturated rings. The smallest absolute Gasteiger partial charge is 0.313 e. The first-order valence-corrected chi connectivity index (χ1v) is 10.9. The molecule has 0 saturated carbocycles. The number of nitrogens with zero attached hydrogens (tertiary/aromatic N) is 1. The quantitative estimate of drug-likeness (QED) is 0.542. The normalized spacial score (nSPS) is 11.6. The van der Waals surface area contributed by atoms with Gasteiger partial charge in [0.25, 0.3) is 0 Å². The number of carbonyl (C=O) groups excluding carboxylic acids is 2. The van der Waals surface area contributed by atoms with Crippen LogP contribution in [-0.4, -0.2) is 38.3 Å². The molecule has 154 valence electrons. The summed E-state index contributed by atoms with van der Waals surface area (Å²) in [6.07, 6.45) is 2.76. The van der Waals surface area contributed by atoms with Crippen molar-refractivity contribution in [2.45, 2.75) is 31.1 Å². The molecule has 0 aliphatic carbocycles. The molecule has 0 bridgehead atoms. The molecule has 1 unspecified atom stereocenters. The Balaban J connectivity index is 0.00000122. The lowest BCUT2D eigenvalue weighted by molar-refractivity contribution is -0.106. The Bertz CT molecular complexity index is 870. The van der Waals surface area contributed by atoms with Crippen LogP contribution >= 0.6 is 11.3 Å². The van der Waals surface area contributed by atoms with Crippen LogP contribution in [0, 0.1) is 0 Å². The average Bonchev–Trinajstić information content (AvgIpc) is 3.17. The lowest BCUT2D eigenvalue weighted by Gasteiger charge is -2.17. The molecule has 1 aromatic heterocycles. The summed E-state index contributed by atoms with van der Waals surface area (Å²) in [5.41, 5.74) is 9.98. The SMILES string of the molecule is CCOc1ccc(C(CC)c2nccs2)cc1S(=O)(=O)CNC(N)=O.NC=O. The standard InChI is InChI=1S/C16H21N3O4S2.CH3NO/c1-3-12(15-18-7-8-24-15)11-5-6-13(23-4-2)14(9-11)25(21,22)10-19-16(17)20;2-1-3/h5-9,12H,3-4,10H2,1-2H3,(H3,17,19,20);1H,(H2,2,3). The number of carbonyl (C=O) groups is 2. The van der Waals surface area contributed by atoms with Gasteiger partial charge in [-0.2, -0.15) is 0 Å². The lowest BCUT2D eigenvalue weighted by atomic mass is 9.97. The number of urea groups is 1. The van der Waals surface area contributed by atoms with Crippen molar-refractivity contribution in [3.63, 3.8) is 0 Å². The van der Waals surface area contributed by atoms with E-state index in [0.717, 1.165) is 17.0 Å². The number of nitrogens with one attached hydrogen (secondary N) is 1. The highest BCUT2D eigenvalue weighted by atomic mass is 32.2. The van der Waals surface area contributed by atoms with Gasteiger partial charge in [-0.05, 0) is 31.0 Å². The predicted octanol–water partition coefficient (Wildman–Crippen LogP) is 1.58. The molecule has 0 saturated heterocycles. The molecule has 1 aromatic carbocycles. The molecule has 9 nitrogen and oxygen atoms in total. The van der Waals surface area contributed by atoms with Gasteiger partial charge in [0.1, 0.15) is 16.5 Å². The van der Waals surface area contributed by atoms with Crippen LogP contribution in [0.2, 0.25) is 0 Å². The monoisotopic (exact) mass is 428 g/mol. The van der Waals surface area contributed by atoms with Crippen molar-refractivity contribution >= 4 is 33.6 Å². The van der Waals surface area contributed by atoms with Crippen molar-refractivity contribution in [1.29, 1.82) is 0 Å². The molecule has 11 heteroatoms. The molecular weight excluding hydrogens is 404 g/mol. The van der Waals surface area contributed by atoms with Crippen LogP contribution in [0.4, 0.5) is 4.79 Å². The zero-order chi connectivity index (χ0) is 21.2. The highest BCUT2D eigenvalue weighted by Crippen LogP contribution is 2.34. The molecule has 1 heterocycles. The second-order valence-corrected chi connectivity index (χ2v) is 8.29. The first-order chi connectivity index (χ1) is 13.3. The topological polar surface area (TPSA) is 154 Å². The third kappa shape index (κ3) is 6.50. The number of primary amides is 2. The number of nitrogens with two attached hydrogens (primary N) is 2. The fraction of sp³-hybridized carbons (Fsp3) is 0.353. The van der Waals surface area contributed by atoms with Crippen LogP contribution in [0.3, 0.4) is 0 Å². The summed E-state index contributed by atoms with van der Waals surface area (Å²) < 4.78 is 30.7. The number of hydrogen-bond acceptors (Lipinski definition) is 7. The second kappa shape index (κ2) is 11.2. The average molecular weight is 429 g/mol. The summed E-state index contributed by atoms with van der Waals surface area (Å²) in [7, 11) is -3.80. The van der Waals surface area contributed by atoms with Crippen LogP contribution in [0.1, 0.15) is 36.8 Å². The summed E-state index contributed by atoms with van der Waals surface area (Å²) in [6, 6.07) is 4.19. The van der Waals surface area contributed by atoms with Gasteiger partial charge in [0.2, 0.25) is 6.41 Å². The molecular formula is C17H24N4O5S2. The Hall–Kier alpha value is -2.66. The fourth-order valence-corrected chi connectivity index (χ4v) is 4.55. The van der Waals surface area contributed by atoms with E-state index in [1.54, 1.807) is 25.3 Å².